The Kier molecular flexibility index (Phi) is 3.58. The van der Waals surface area contributed by atoms with Crippen LogP contribution in [-0.4, -0.2) is 0 Å². The number of nitrogens with one attached hydrogen (secondary N) is 1. The van der Waals surface area contributed by atoms with E-state index in [1.807, 2.05) is 17.4 Å². The highest BCUT2D eigenvalue weighted by molar-refractivity contribution is 7.10. The average Bonchev–Trinajstić information content (AvgIpc) is 3.05. The topological polar surface area (TPSA) is 38.0 Å². The number of thiophene rings is 1. The van der Waals surface area contributed by atoms with Crippen molar-refractivity contribution in [1.29, 1.82) is 0 Å². The van der Waals surface area contributed by atoms with Gasteiger partial charge in [0.05, 0.1) is 0 Å². The van der Waals surface area contributed by atoms with Crippen LogP contribution in [0.4, 0.5) is 5.69 Å². The molecule has 19 heavy (non-hydrogen) atoms. The second kappa shape index (κ2) is 5.35. The summed E-state index contributed by atoms with van der Waals surface area (Å²) in [6.07, 6.45) is 3.45. The summed E-state index contributed by atoms with van der Waals surface area (Å²) in [5.74, 6) is 0. The van der Waals surface area contributed by atoms with Gasteiger partial charge in [-0.15, -0.1) is 11.3 Å². The Hall–Kier alpha value is -1.32. The van der Waals surface area contributed by atoms with Gasteiger partial charge >= 0.3 is 0 Å². The molecule has 1 aromatic carbocycles. The molecule has 2 atom stereocenters. The Balaban J connectivity index is 1.79. The van der Waals surface area contributed by atoms with Crippen molar-refractivity contribution in [3.8, 4) is 0 Å². The maximum atomic E-state index is 5.86. The molecule has 3 heteroatoms. The van der Waals surface area contributed by atoms with Crippen molar-refractivity contribution in [1.82, 2.24) is 5.32 Å². The molecule has 0 saturated heterocycles. The lowest BCUT2D eigenvalue weighted by Crippen LogP contribution is -2.24. The van der Waals surface area contributed by atoms with E-state index in [4.69, 9.17) is 5.73 Å². The van der Waals surface area contributed by atoms with E-state index in [1.54, 1.807) is 0 Å². The number of benzene rings is 1. The number of aryl methyl sites for hydroxylation is 1. The first kappa shape index (κ1) is 12.7. The van der Waals surface area contributed by atoms with Gasteiger partial charge in [0.25, 0.3) is 0 Å². The molecule has 2 aromatic rings. The van der Waals surface area contributed by atoms with Crippen LogP contribution in [-0.2, 0) is 6.42 Å². The summed E-state index contributed by atoms with van der Waals surface area (Å²) in [7, 11) is 0. The monoisotopic (exact) mass is 272 g/mol. The highest BCUT2D eigenvalue weighted by Crippen LogP contribution is 2.35. The molecule has 1 aliphatic carbocycles. The van der Waals surface area contributed by atoms with E-state index in [0.29, 0.717) is 12.1 Å². The Bertz CT molecular complexity index is 548. The van der Waals surface area contributed by atoms with Crippen LogP contribution < -0.4 is 11.1 Å². The average molecular weight is 272 g/mol. The molecule has 3 rings (SSSR count). The number of nitrogen functional groups attached to an aromatic ring is 1. The van der Waals surface area contributed by atoms with Gasteiger partial charge in [0, 0.05) is 22.6 Å². The van der Waals surface area contributed by atoms with Gasteiger partial charge in [0.2, 0.25) is 0 Å². The largest absolute Gasteiger partial charge is 0.399 e. The maximum absolute atomic E-state index is 5.86. The van der Waals surface area contributed by atoms with Crippen LogP contribution in [0.2, 0.25) is 0 Å². The Morgan fingerprint density at radius 1 is 1.42 bits per heavy atom. The lowest BCUT2D eigenvalue weighted by atomic mass is 10.1. The van der Waals surface area contributed by atoms with E-state index >= 15 is 0 Å². The second-order valence-electron chi connectivity index (χ2n) is 5.19. The molecule has 2 unspecified atom stereocenters. The second-order valence-corrected chi connectivity index (χ2v) is 6.17. The normalized spacial score (nSPS) is 19.3. The zero-order valence-corrected chi connectivity index (χ0v) is 12.0. The minimum Gasteiger partial charge on any atom is -0.399 e. The third-order valence-electron chi connectivity index (χ3n) is 3.94. The van der Waals surface area contributed by atoms with E-state index in [9.17, 15) is 0 Å². The third-order valence-corrected chi connectivity index (χ3v) is 4.93. The fourth-order valence-electron chi connectivity index (χ4n) is 2.94. The first-order valence-electron chi connectivity index (χ1n) is 6.95. The number of hydrogen-bond donors (Lipinski definition) is 2. The van der Waals surface area contributed by atoms with Gasteiger partial charge in [-0.25, -0.2) is 0 Å². The van der Waals surface area contributed by atoms with Crippen molar-refractivity contribution in [2.24, 2.45) is 0 Å². The first-order chi connectivity index (χ1) is 9.28. The quantitative estimate of drug-likeness (QED) is 0.824. The summed E-state index contributed by atoms with van der Waals surface area (Å²) < 4.78 is 0. The standard InChI is InChI=1S/C16H20N2S/c1-2-14(16-4-3-9-19-16)18-15-8-5-11-10-12(17)6-7-13(11)15/h3-4,6-7,9-10,14-15,18H,2,5,8,17H2,1H3. The summed E-state index contributed by atoms with van der Waals surface area (Å²) in [5.41, 5.74) is 9.59. The first-order valence-corrected chi connectivity index (χ1v) is 7.83. The van der Waals surface area contributed by atoms with Gasteiger partial charge in [-0.3, -0.25) is 0 Å². The van der Waals surface area contributed by atoms with Crippen molar-refractivity contribution >= 4 is 17.0 Å². The summed E-state index contributed by atoms with van der Waals surface area (Å²) in [6, 6.07) is 11.6. The molecule has 1 aliphatic rings. The smallest absolute Gasteiger partial charge is 0.0417 e. The molecule has 1 heterocycles. The number of fused-ring (bicyclic) bond motifs is 1. The van der Waals surface area contributed by atoms with E-state index in [0.717, 1.165) is 18.5 Å². The molecular weight excluding hydrogens is 252 g/mol. The summed E-state index contributed by atoms with van der Waals surface area (Å²) in [4.78, 5) is 1.44. The zero-order valence-electron chi connectivity index (χ0n) is 11.2. The Morgan fingerprint density at radius 2 is 2.32 bits per heavy atom. The van der Waals surface area contributed by atoms with Gasteiger partial charge in [-0.1, -0.05) is 19.1 Å². The molecule has 3 N–H and O–H groups in total. The highest BCUT2D eigenvalue weighted by Gasteiger charge is 2.25. The molecule has 0 saturated carbocycles. The molecule has 0 bridgehead atoms. The number of hydrogen-bond acceptors (Lipinski definition) is 3. The van der Waals surface area contributed by atoms with Crippen LogP contribution in [0.1, 0.15) is 47.9 Å². The predicted octanol–water partition coefficient (Wildman–Crippen LogP) is 4.06. The van der Waals surface area contributed by atoms with Crippen LogP contribution in [0.15, 0.2) is 35.7 Å². The molecule has 0 radical (unpaired) electrons. The molecular formula is C16H20N2S. The molecule has 0 fully saturated rings. The van der Waals surface area contributed by atoms with Gasteiger partial charge in [-0.2, -0.15) is 0 Å². The maximum Gasteiger partial charge on any atom is 0.0417 e. The van der Waals surface area contributed by atoms with Crippen LogP contribution in [0.25, 0.3) is 0 Å². The van der Waals surface area contributed by atoms with Crippen LogP contribution in [0.3, 0.4) is 0 Å². The van der Waals surface area contributed by atoms with Crippen molar-refractivity contribution < 1.29 is 0 Å². The van der Waals surface area contributed by atoms with Crippen LogP contribution in [0, 0.1) is 0 Å². The van der Waals surface area contributed by atoms with Crippen molar-refractivity contribution in [3.05, 3.63) is 51.7 Å². The van der Waals surface area contributed by atoms with Crippen LogP contribution in [0.5, 0.6) is 0 Å². The van der Waals surface area contributed by atoms with Crippen molar-refractivity contribution in [3.63, 3.8) is 0 Å². The van der Waals surface area contributed by atoms with Gasteiger partial charge < -0.3 is 11.1 Å². The van der Waals surface area contributed by atoms with E-state index in [-0.39, 0.29) is 0 Å². The fourth-order valence-corrected chi connectivity index (χ4v) is 3.81. The highest BCUT2D eigenvalue weighted by atomic mass is 32.1. The Labute approximate surface area is 118 Å². The summed E-state index contributed by atoms with van der Waals surface area (Å²) >= 11 is 1.84. The number of rotatable bonds is 4. The molecule has 100 valence electrons. The summed E-state index contributed by atoms with van der Waals surface area (Å²) in [5, 5.41) is 5.97. The molecule has 2 nitrogen and oxygen atoms in total. The molecule has 1 aromatic heterocycles. The lowest BCUT2D eigenvalue weighted by molar-refractivity contribution is 0.438. The van der Waals surface area contributed by atoms with Crippen molar-refractivity contribution in [2.75, 3.05) is 5.73 Å². The summed E-state index contributed by atoms with van der Waals surface area (Å²) in [6.45, 7) is 2.25. The lowest BCUT2D eigenvalue weighted by Gasteiger charge is -2.22. The zero-order chi connectivity index (χ0) is 13.2. The molecule has 0 spiro atoms. The Morgan fingerprint density at radius 3 is 3.05 bits per heavy atom. The van der Waals surface area contributed by atoms with E-state index in [1.165, 1.54) is 22.4 Å². The van der Waals surface area contributed by atoms with E-state index in [2.05, 4.69) is 41.9 Å². The number of nitrogens with two attached hydrogens (primary N) is 1. The minimum atomic E-state index is 0.466. The minimum absolute atomic E-state index is 0.466. The van der Waals surface area contributed by atoms with Gasteiger partial charge in [-0.05, 0) is 54.0 Å². The molecule has 0 aliphatic heterocycles. The van der Waals surface area contributed by atoms with E-state index < -0.39 is 0 Å². The van der Waals surface area contributed by atoms with Gasteiger partial charge in [0.15, 0.2) is 0 Å². The SMILES string of the molecule is CCC(NC1CCc2cc(N)ccc21)c1cccs1. The number of anilines is 1. The van der Waals surface area contributed by atoms with Gasteiger partial charge in [0.1, 0.15) is 0 Å². The molecule has 0 amide bonds. The fraction of sp³-hybridized carbons (Fsp3) is 0.375. The predicted molar refractivity (Wildman–Crippen MR) is 82.4 cm³/mol. The third kappa shape index (κ3) is 2.53. The van der Waals surface area contributed by atoms with Crippen LogP contribution >= 0.6 is 11.3 Å². The van der Waals surface area contributed by atoms with Crippen molar-refractivity contribution in [2.45, 2.75) is 38.3 Å².